The highest BCUT2D eigenvalue weighted by atomic mass is 16.5. The van der Waals surface area contributed by atoms with Gasteiger partial charge in [0, 0.05) is 7.05 Å². The number of aromatic nitrogens is 1. The summed E-state index contributed by atoms with van der Waals surface area (Å²) in [4.78, 5) is 11.4. The fourth-order valence-electron chi connectivity index (χ4n) is 2.03. The van der Waals surface area contributed by atoms with E-state index in [4.69, 9.17) is 9.15 Å². The maximum atomic E-state index is 11.4. The Balaban J connectivity index is 2.21. The summed E-state index contributed by atoms with van der Waals surface area (Å²) in [6.07, 6.45) is 0. The van der Waals surface area contributed by atoms with Crippen molar-refractivity contribution in [3.63, 3.8) is 0 Å². The van der Waals surface area contributed by atoms with Crippen molar-refractivity contribution in [3.8, 4) is 6.07 Å². The molecule has 86 valence electrons. The van der Waals surface area contributed by atoms with Crippen LogP contribution in [-0.2, 0) is 17.2 Å². The van der Waals surface area contributed by atoms with E-state index in [1.165, 1.54) is 4.57 Å². The summed E-state index contributed by atoms with van der Waals surface area (Å²) in [7, 11) is 1.65. The standard InChI is InChI=1S/C12H10N2O3/c1-14-9-3-2-8(4-10(9)17-11(14)15)12(5-13)6-16-7-12/h2-4H,6-7H2,1H3. The molecule has 0 bridgehead atoms. The van der Waals surface area contributed by atoms with Gasteiger partial charge in [-0.1, -0.05) is 6.07 Å². The first-order chi connectivity index (χ1) is 8.16. The van der Waals surface area contributed by atoms with Crippen molar-refractivity contribution < 1.29 is 9.15 Å². The lowest BCUT2D eigenvalue weighted by Crippen LogP contribution is -2.45. The van der Waals surface area contributed by atoms with Crippen LogP contribution in [0, 0.1) is 11.3 Å². The van der Waals surface area contributed by atoms with E-state index >= 15 is 0 Å². The van der Waals surface area contributed by atoms with E-state index in [1.54, 1.807) is 19.2 Å². The second-order valence-corrected chi connectivity index (χ2v) is 4.30. The first-order valence-electron chi connectivity index (χ1n) is 5.25. The predicted molar refractivity (Wildman–Crippen MR) is 59.6 cm³/mol. The third kappa shape index (κ3) is 1.25. The summed E-state index contributed by atoms with van der Waals surface area (Å²) in [5.74, 6) is -0.395. The van der Waals surface area contributed by atoms with Gasteiger partial charge in [0.25, 0.3) is 0 Å². The number of ether oxygens (including phenoxy) is 1. The molecule has 17 heavy (non-hydrogen) atoms. The molecule has 5 heteroatoms. The minimum absolute atomic E-state index is 0.395. The van der Waals surface area contributed by atoms with Crippen LogP contribution in [0.5, 0.6) is 0 Å². The van der Waals surface area contributed by atoms with Gasteiger partial charge in [0.2, 0.25) is 0 Å². The molecule has 3 rings (SSSR count). The van der Waals surface area contributed by atoms with Gasteiger partial charge < -0.3 is 9.15 Å². The molecule has 2 aromatic rings. The van der Waals surface area contributed by atoms with Gasteiger partial charge in [-0.25, -0.2) is 4.79 Å². The Bertz CT molecular complexity index is 686. The Morgan fingerprint density at radius 1 is 1.47 bits per heavy atom. The van der Waals surface area contributed by atoms with Crippen LogP contribution < -0.4 is 5.76 Å². The van der Waals surface area contributed by atoms with E-state index in [0.29, 0.717) is 18.8 Å². The highest BCUT2D eigenvalue weighted by Crippen LogP contribution is 2.33. The summed E-state index contributed by atoms with van der Waals surface area (Å²) in [5, 5.41) is 9.19. The van der Waals surface area contributed by atoms with E-state index in [1.807, 2.05) is 6.07 Å². The van der Waals surface area contributed by atoms with Crippen LogP contribution in [0.2, 0.25) is 0 Å². The van der Waals surface area contributed by atoms with Crippen LogP contribution >= 0.6 is 0 Å². The monoisotopic (exact) mass is 230 g/mol. The average Bonchev–Trinajstić information content (AvgIpc) is 2.54. The third-order valence-electron chi connectivity index (χ3n) is 3.26. The van der Waals surface area contributed by atoms with Crippen molar-refractivity contribution in [1.29, 1.82) is 5.26 Å². The topological polar surface area (TPSA) is 68.2 Å². The van der Waals surface area contributed by atoms with Gasteiger partial charge in [0.1, 0.15) is 5.41 Å². The number of nitrogens with zero attached hydrogens (tertiary/aromatic N) is 2. The van der Waals surface area contributed by atoms with E-state index in [2.05, 4.69) is 6.07 Å². The van der Waals surface area contributed by atoms with Crippen molar-refractivity contribution in [2.45, 2.75) is 5.41 Å². The highest BCUT2D eigenvalue weighted by molar-refractivity contribution is 5.74. The molecular weight excluding hydrogens is 220 g/mol. The van der Waals surface area contributed by atoms with Gasteiger partial charge in [-0.05, 0) is 17.7 Å². The van der Waals surface area contributed by atoms with Gasteiger partial charge in [0.15, 0.2) is 5.58 Å². The van der Waals surface area contributed by atoms with Crippen LogP contribution in [0.25, 0.3) is 11.1 Å². The fourth-order valence-corrected chi connectivity index (χ4v) is 2.03. The van der Waals surface area contributed by atoms with Gasteiger partial charge in [-0.2, -0.15) is 5.26 Å². The Hall–Kier alpha value is -2.06. The summed E-state index contributed by atoms with van der Waals surface area (Å²) in [6, 6.07) is 7.67. The molecule has 0 radical (unpaired) electrons. The lowest BCUT2D eigenvalue weighted by atomic mass is 9.80. The van der Waals surface area contributed by atoms with E-state index in [-0.39, 0.29) is 0 Å². The summed E-state index contributed by atoms with van der Waals surface area (Å²) < 4.78 is 11.6. The molecule has 2 heterocycles. The molecule has 0 spiro atoms. The Morgan fingerprint density at radius 2 is 2.24 bits per heavy atom. The molecule has 1 saturated heterocycles. The first-order valence-corrected chi connectivity index (χ1v) is 5.25. The SMILES string of the molecule is Cn1c(=O)oc2cc(C3(C#N)COC3)ccc21. The van der Waals surface area contributed by atoms with Gasteiger partial charge in [-0.15, -0.1) is 0 Å². The minimum atomic E-state index is -0.581. The van der Waals surface area contributed by atoms with Crippen LogP contribution in [-0.4, -0.2) is 17.8 Å². The number of nitriles is 1. The highest BCUT2D eigenvalue weighted by Gasteiger charge is 2.41. The fraction of sp³-hybridized carbons (Fsp3) is 0.333. The number of hydrogen-bond acceptors (Lipinski definition) is 4. The number of rotatable bonds is 1. The molecule has 0 amide bonds. The minimum Gasteiger partial charge on any atom is -0.408 e. The summed E-state index contributed by atoms with van der Waals surface area (Å²) >= 11 is 0. The Kier molecular flexibility index (Phi) is 1.91. The van der Waals surface area contributed by atoms with Crippen LogP contribution in [0.4, 0.5) is 0 Å². The largest absolute Gasteiger partial charge is 0.419 e. The lowest BCUT2D eigenvalue weighted by molar-refractivity contribution is -0.0297. The number of fused-ring (bicyclic) bond motifs is 1. The maximum Gasteiger partial charge on any atom is 0.419 e. The second kappa shape index (κ2) is 3.22. The number of oxazole rings is 1. The molecule has 1 aliphatic heterocycles. The summed E-state index contributed by atoms with van der Waals surface area (Å²) in [6.45, 7) is 0.790. The molecule has 1 aromatic heterocycles. The Morgan fingerprint density at radius 3 is 2.82 bits per heavy atom. The molecule has 1 aromatic carbocycles. The zero-order valence-electron chi connectivity index (χ0n) is 9.27. The molecule has 0 unspecified atom stereocenters. The van der Waals surface area contributed by atoms with Gasteiger partial charge in [-0.3, -0.25) is 4.57 Å². The van der Waals surface area contributed by atoms with Crippen molar-refractivity contribution in [2.24, 2.45) is 7.05 Å². The molecular formula is C12H10N2O3. The zero-order valence-corrected chi connectivity index (χ0v) is 9.27. The third-order valence-corrected chi connectivity index (χ3v) is 3.26. The molecule has 1 fully saturated rings. The normalized spacial score (nSPS) is 17.6. The van der Waals surface area contributed by atoms with Crippen molar-refractivity contribution in [2.75, 3.05) is 13.2 Å². The number of aryl methyl sites for hydroxylation is 1. The van der Waals surface area contributed by atoms with Crippen molar-refractivity contribution >= 4 is 11.1 Å². The average molecular weight is 230 g/mol. The van der Waals surface area contributed by atoms with Crippen LogP contribution in [0.1, 0.15) is 5.56 Å². The van der Waals surface area contributed by atoms with Crippen molar-refractivity contribution in [3.05, 3.63) is 34.3 Å². The molecule has 0 saturated carbocycles. The molecule has 1 aliphatic rings. The molecule has 0 aliphatic carbocycles. The smallest absolute Gasteiger partial charge is 0.408 e. The van der Waals surface area contributed by atoms with Crippen molar-refractivity contribution in [1.82, 2.24) is 4.57 Å². The van der Waals surface area contributed by atoms with Crippen LogP contribution in [0.15, 0.2) is 27.4 Å². The van der Waals surface area contributed by atoms with E-state index in [0.717, 1.165) is 11.1 Å². The number of hydrogen-bond donors (Lipinski definition) is 0. The second-order valence-electron chi connectivity index (χ2n) is 4.30. The Labute approximate surface area is 96.8 Å². The van der Waals surface area contributed by atoms with Crippen LogP contribution in [0.3, 0.4) is 0 Å². The van der Waals surface area contributed by atoms with E-state index < -0.39 is 11.2 Å². The predicted octanol–water partition coefficient (Wildman–Crippen LogP) is 0.923. The quantitative estimate of drug-likeness (QED) is 0.730. The summed E-state index contributed by atoms with van der Waals surface area (Å²) in [5.41, 5.74) is 1.50. The van der Waals surface area contributed by atoms with Gasteiger partial charge in [0.05, 0.1) is 24.8 Å². The maximum absolute atomic E-state index is 11.4. The zero-order chi connectivity index (χ0) is 12.0. The molecule has 0 N–H and O–H groups in total. The lowest BCUT2D eigenvalue weighted by Gasteiger charge is -2.35. The molecule has 5 nitrogen and oxygen atoms in total. The first kappa shape index (κ1) is 10.1. The molecule has 0 atom stereocenters. The van der Waals surface area contributed by atoms with E-state index in [9.17, 15) is 10.1 Å². The number of benzene rings is 1. The van der Waals surface area contributed by atoms with Gasteiger partial charge >= 0.3 is 5.76 Å².